The van der Waals surface area contributed by atoms with Gasteiger partial charge in [0.05, 0.1) is 5.75 Å². The molecule has 0 aromatic heterocycles. The van der Waals surface area contributed by atoms with Gasteiger partial charge < -0.3 is 21.5 Å². The Kier molecular flexibility index (Phi) is 50.2. The van der Waals surface area contributed by atoms with E-state index in [2.05, 4.69) is 12.6 Å². The molecule has 0 spiro atoms. The molecule has 0 amide bonds. The van der Waals surface area contributed by atoms with Crippen LogP contribution in [0.2, 0.25) is 0 Å². The second-order valence-corrected chi connectivity index (χ2v) is 0.868. The lowest BCUT2D eigenvalue weighted by molar-refractivity contribution is -0.133. The van der Waals surface area contributed by atoms with Gasteiger partial charge in [-0.1, -0.05) is 0 Å². The lowest BCUT2D eigenvalue weighted by Crippen LogP contribution is -1.92. The third kappa shape index (κ3) is 43.6. The molecule has 0 saturated carbocycles. The van der Waals surface area contributed by atoms with Crippen molar-refractivity contribution in [3.8, 4) is 0 Å². The summed E-state index contributed by atoms with van der Waals surface area (Å²) in [5, 5.41) is 7.65. The fraction of sp³-hybridized carbons (Fsp3) is 0.500. The molecular formula is C2H10O5S. The molecule has 54 valence electrons. The molecule has 0 saturated heterocycles. The zero-order valence-electron chi connectivity index (χ0n) is 4.01. The first kappa shape index (κ1) is 25.2. The van der Waals surface area contributed by atoms with Gasteiger partial charge >= 0.3 is 5.97 Å². The number of hydrogen-bond acceptors (Lipinski definition) is 2. The van der Waals surface area contributed by atoms with Gasteiger partial charge in [0.1, 0.15) is 0 Å². The molecule has 0 bridgehead atoms. The second-order valence-electron chi connectivity index (χ2n) is 0.552. The largest absolute Gasteiger partial charge is 0.481 e. The van der Waals surface area contributed by atoms with Crippen molar-refractivity contribution in [3.63, 3.8) is 0 Å². The highest BCUT2D eigenvalue weighted by atomic mass is 32.1. The lowest BCUT2D eigenvalue weighted by atomic mass is 10.8. The minimum absolute atomic E-state index is 0. The van der Waals surface area contributed by atoms with Gasteiger partial charge in [0.25, 0.3) is 0 Å². The van der Waals surface area contributed by atoms with Crippen molar-refractivity contribution in [1.82, 2.24) is 0 Å². The molecule has 0 atom stereocenters. The standard InChI is InChI=1S/C2H4O2S.3H2O/c3-2(4)1-5;;;/h5H,1H2,(H,3,4);3*1H2. The first-order chi connectivity index (χ1) is 2.27. The summed E-state index contributed by atoms with van der Waals surface area (Å²) in [4.78, 5) is 9.29. The monoisotopic (exact) mass is 146 g/mol. The summed E-state index contributed by atoms with van der Waals surface area (Å²) in [6.45, 7) is 0. The first-order valence-electron chi connectivity index (χ1n) is 1.10. The van der Waals surface area contributed by atoms with Crippen molar-refractivity contribution in [2.45, 2.75) is 0 Å². The van der Waals surface area contributed by atoms with E-state index in [1.54, 1.807) is 0 Å². The van der Waals surface area contributed by atoms with E-state index in [1.807, 2.05) is 0 Å². The molecule has 0 fully saturated rings. The van der Waals surface area contributed by atoms with E-state index in [4.69, 9.17) is 5.11 Å². The summed E-state index contributed by atoms with van der Waals surface area (Å²) in [6.07, 6.45) is 0. The van der Waals surface area contributed by atoms with E-state index >= 15 is 0 Å². The molecule has 0 aliphatic heterocycles. The Morgan fingerprint density at radius 3 is 1.50 bits per heavy atom. The number of hydrogen-bond donors (Lipinski definition) is 2. The van der Waals surface area contributed by atoms with Gasteiger partial charge in [-0.15, -0.1) is 0 Å². The molecule has 0 aliphatic carbocycles. The number of carboxylic acid groups (broad SMARTS) is 1. The van der Waals surface area contributed by atoms with Crippen LogP contribution in [-0.2, 0) is 4.79 Å². The Balaban J connectivity index is -0.0000000267. The minimum atomic E-state index is -0.881. The molecule has 0 unspecified atom stereocenters. The van der Waals surface area contributed by atoms with E-state index in [9.17, 15) is 4.79 Å². The van der Waals surface area contributed by atoms with E-state index in [-0.39, 0.29) is 22.2 Å². The normalized spacial score (nSPS) is 4.62. The highest BCUT2D eigenvalue weighted by Crippen LogP contribution is 1.66. The Labute approximate surface area is 51.7 Å². The van der Waals surface area contributed by atoms with Crippen molar-refractivity contribution in [2.24, 2.45) is 0 Å². The number of rotatable bonds is 1. The number of carboxylic acids is 1. The van der Waals surface area contributed by atoms with Gasteiger partial charge in [0, 0.05) is 0 Å². The SMILES string of the molecule is O.O.O.O=C(O)CS. The highest BCUT2D eigenvalue weighted by molar-refractivity contribution is 7.81. The Morgan fingerprint density at radius 2 is 1.50 bits per heavy atom. The van der Waals surface area contributed by atoms with Crippen molar-refractivity contribution in [1.29, 1.82) is 0 Å². The van der Waals surface area contributed by atoms with Crippen LogP contribution in [0.1, 0.15) is 0 Å². The van der Waals surface area contributed by atoms with Gasteiger partial charge in [0.2, 0.25) is 0 Å². The highest BCUT2D eigenvalue weighted by Gasteiger charge is 1.81. The predicted molar refractivity (Wildman–Crippen MR) is 32.3 cm³/mol. The summed E-state index contributed by atoms with van der Waals surface area (Å²) >= 11 is 3.42. The fourth-order valence-electron chi connectivity index (χ4n) is 0. The van der Waals surface area contributed by atoms with Gasteiger partial charge in [-0.25, -0.2) is 0 Å². The van der Waals surface area contributed by atoms with Crippen LogP contribution in [-0.4, -0.2) is 33.3 Å². The van der Waals surface area contributed by atoms with Crippen LogP contribution in [0.3, 0.4) is 0 Å². The maximum absolute atomic E-state index is 9.29. The van der Waals surface area contributed by atoms with Crippen LogP contribution in [0.15, 0.2) is 0 Å². The quantitative estimate of drug-likeness (QED) is 0.397. The number of carbonyl (C=O) groups is 1. The zero-order chi connectivity index (χ0) is 4.28. The smallest absolute Gasteiger partial charge is 0.313 e. The zero-order valence-corrected chi connectivity index (χ0v) is 4.90. The molecule has 0 rings (SSSR count). The molecule has 7 N–H and O–H groups in total. The molecule has 0 heterocycles. The molecule has 8 heavy (non-hydrogen) atoms. The Morgan fingerprint density at radius 1 is 1.38 bits per heavy atom. The van der Waals surface area contributed by atoms with Gasteiger partial charge in [-0.05, 0) is 0 Å². The summed E-state index contributed by atoms with van der Waals surface area (Å²) in [6, 6.07) is 0. The maximum Gasteiger partial charge on any atom is 0.313 e. The Hall–Kier alpha value is -0.300. The average molecular weight is 146 g/mol. The summed E-state index contributed by atoms with van der Waals surface area (Å²) < 4.78 is 0. The van der Waals surface area contributed by atoms with Crippen molar-refractivity contribution < 1.29 is 26.3 Å². The molecule has 0 aromatic rings. The molecular weight excluding hydrogens is 136 g/mol. The Bertz CT molecular complexity index is 45.7. The molecule has 0 aromatic carbocycles. The molecule has 5 nitrogen and oxygen atoms in total. The van der Waals surface area contributed by atoms with Crippen molar-refractivity contribution in [2.75, 3.05) is 5.75 Å². The fourth-order valence-corrected chi connectivity index (χ4v) is 0. The van der Waals surface area contributed by atoms with Crippen LogP contribution in [0.4, 0.5) is 0 Å². The predicted octanol–water partition coefficient (Wildman–Crippen LogP) is -2.47. The van der Waals surface area contributed by atoms with Crippen LogP contribution < -0.4 is 0 Å². The van der Waals surface area contributed by atoms with E-state index in [0.29, 0.717) is 0 Å². The summed E-state index contributed by atoms with van der Waals surface area (Å²) in [5.41, 5.74) is 0. The van der Waals surface area contributed by atoms with Crippen LogP contribution in [0.5, 0.6) is 0 Å². The van der Waals surface area contributed by atoms with E-state index in [0.717, 1.165) is 0 Å². The lowest BCUT2D eigenvalue weighted by Gasteiger charge is -1.71. The van der Waals surface area contributed by atoms with Crippen molar-refractivity contribution in [3.05, 3.63) is 0 Å². The third-order valence-electron chi connectivity index (χ3n) is 0.135. The molecule has 0 aliphatic rings. The maximum atomic E-state index is 9.29. The van der Waals surface area contributed by atoms with Gasteiger partial charge in [-0.2, -0.15) is 12.6 Å². The number of thiol groups is 1. The minimum Gasteiger partial charge on any atom is -0.481 e. The van der Waals surface area contributed by atoms with Gasteiger partial charge in [-0.3, -0.25) is 4.79 Å². The third-order valence-corrected chi connectivity index (χ3v) is 0.406. The molecule has 6 heteroatoms. The average Bonchev–Trinajstić information content (AvgIpc) is 1.38. The first-order valence-corrected chi connectivity index (χ1v) is 1.73. The topological polar surface area (TPSA) is 132 Å². The molecule has 0 radical (unpaired) electrons. The van der Waals surface area contributed by atoms with Crippen molar-refractivity contribution >= 4 is 18.6 Å². The number of aliphatic carboxylic acids is 1. The summed E-state index contributed by atoms with van der Waals surface area (Å²) in [5.74, 6) is -0.965. The van der Waals surface area contributed by atoms with Gasteiger partial charge in [0.15, 0.2) is 0 Å². The van der Waals surface area contributed by atoms with Crippen LogP contribution >= 0.6 is 12.6 Å². The second kappa shape index (κ2) is 15.9. The summed E-state index contributed by atoms with van der Waals surface area (Å²) in [7, 11) is 0. The van der Waals surface area contributed by atoms with Crippen LogP contribution in [0, 0.1) is 0 Å². The van der Waals surface area contributed by atoms with E-state index in [1.165, 1.54) is 0 Å². The van der Waals surface area contributed by atoms with E-state index < -0.39 is 5.97 Å². The van der Waals surface area contributed by atoms with Crippen LogP contribution in [0.25, 0.3) is 0 Å².